The molecule has 1 aromatic rings. The first-order valence-corrected chi connectivity index (χ1v) is 2.72. The van der Waals surface area contributed by atoms with Gasteiger partial charge in [-0.3, -0.25) is 0 Å². The number of alkyl halides is 3. The minimum atomic E-state index is -4.45. The van der Waals surface area contributed by atoms with Gasteiger partial charge in [-0.25, -0.2) is 0 Å². The molecule has 0 aromatic carbocycles. The van der Waals surface area contributed by atoms with Gasteiger partial charge < -0.3 is 0 Å². The smallest absolute Gasteiger partial charge is 0.164 e. The lowest BCUT2D eigenvalue weighted by molar-refractivity contribution is -0.142. The van der Waals surface area contributed by atoms with Gasteiger partial charge in [0.25, 0.3) is 0 Å². The minimum absolute atomic E-state index is 0.160. The molecule has 1 heterocycles. The molecule has 0 aliphatic heterocycles. The third kappa shape index (κ3) is 1.66. The molecule has 0 bridgehead atoms. The molecule has 2 nitrogen and oxygen atoms in total. The molecule has 0 saturated carbocycles. The summed E-state index contributed by atoms with van der Waals surface area (Å²) in [4.78, 5) is 0. The molecular weight excluding hydrogens is 157 g/mol. The van der Waals surface area contributed by atoms with Crippen LogP contribution in [0.25, 0.3) is 0 Å². The van der Waals surface area contributed by atoms with E-state index < -0.39 is 11.9 Å². The number of aromatic nitrogens is 2. The first kappa shape index (κ1) is 7.97. The predicted molar refractivity (Wildman–Crippen MR) is 31.5 cm³/mol. The SMILES string of the molecule is [CH2]c1ccnnc1C(F)(F)F. The molecule has 1 aromatic heterocycles. The van der Waals surface area contributed by atoms with E-state index in [1.807, 2.05) is 0 Å². The monoisotopic (exact) mass is 161 g/mol. The van der Waals surface area contributed by atoms with Crippen molar-refractivity contribution in [2.45, 2.75) is 6.18 Å². The van der Waals surface area contributed by atoms with Gasteiger partial charge in [0.15, 0.2) is 5.69 Å². The van der Waals surface area contributed by atoms with Gasteiger partial charge in [-0.05, 0) is 18.6 Å². The van der Waals surface area contributed by atoms with Crippen LogP contribution in [0, 0.1) is 6.92 Å². The van der Waals surface area contributed by atoms with E-state index in [-0.39, 0.29) is 5.56 Å². The summed E-state index contributed by atoms with van der Waals surface area (Å²) in [6, 6.07) is 1.16. The van der Waals surface area contributed by atoms with Crippen LogP contribution >= 0.6 is 0 Å². The summed E-state index contributed by atoms with van der Waals surface area (Å²) >= 11 is 0. The molecule has 0 saturated heterocycles. The Morgan fingerprint density at radius 2 is 2.00 bits per heavy atom. The second kappa shape index (κ2) is 2.48. The van der Waals surface area contributed by atoms with Gasteiger partial charge in [-0.1, -0.05) is 0 Å². The van der Waals surface area contributed by atoms with E-state index in [0.717, 1.165) is 12.3 Å². The van der Waals surface area contributed by atoms with Crippen LogP contribution in [0.15, 0.2) is 12.3 Å². The topological polar surface area (TPSA) is 25.8 Å². The zero-order chi connectivity index (χ0) is 8.48. The Balaban J connectivity index is 3.14. The highest BCUT2D eigenvalue weighted by Gasteiger charge is 2.34. The van der Waals surface area contributed by atoms with Crippen molar-refractivity contribution in [1.82, 2.24) is 10.2 Å². The Bertz CT molecular complexity index is 256. The summed E-state index contributed by atoms with van der Waals surface area (Å²) in [7, 11) is 0. The quantitative estimate of drug-likeness (QED) is 0.578. The van der Waals surface area contributed by atoms with E-state index in [1.54, 1.807) is 0 Å². The zero-order valence-electron chi connectivity index (χ0n) is 5.39. The van der Waals surface area contributed by atoms with Crippen molar-refractivity contribution in [3.05, 3.63) is 30.4 Å². The van der Waals surface area contributed by atoms with Gasteiger partial charge in [-0.2, -0.15) is 18.3 Å². The standard InChI is InChI=1S/C6H4F3N2/c1-4-2-3-10-11-5(4)6(7,8)9/h2-3H,1H2. The number of halogens is 3. The lowest BCUT2D eigenvalue weighted by atomic mass is 10.2. The highest BCUT2D eigenvalue weighted by atomic mass is 19.4. The Morgan fingerprint density at radius 1 is 1.36 bits per heavy atom. The average Bonchev–Trinajstić information content (AvgIpc) is 1.86. The fraction of sp³-hybridized carbons (Fsp3) is 0.167. The van der Waals surface area contributed by atoms with E-state index in [1.165, 1.54) is 0 Å². The Kier molecular flexibility index (Phi) is 1.80. The molecular formula is C6H4F3N2. The van der Waals surface area contributed by atoms with E-state index in [4.69, 9.17) is 0 Å². The maximum Gasteiger partial charge on any atom is 0.435 e. The molecule has 5 heteroatoms. The second-order valence-electron chi connectivity index (χ2n) is 1.90. The molecule has 0 atom stereocenters. The molecule has 0 amide bonds. The largest absolute Gasteiger partial charge is 0.435 e. The van der Waals surface area contributed by atoms with Crippen LogP contribution in [0.3, 0.4) is 0 Å². The molecule has 0 N–H and O–H groups in total. The third-order valence-electron chi connectivity index (χ3n) is 1.07. The summed E-state index contributed by atoms with van der Waals surface area (Å²) in [6.45, 7) is 3.16. The van der Waals surface area contributed by atoms with Gasteiger partial charge in [0.05, 0.1) is 0 Å². The van der Waals surface area contributed by atoms with Crippen LogP contribution in [0.2, 0.25) is 0 Å². The maximum atomic E-state index is 11.9. The van der Waals surface area contributed by atoms with Crippen LogP contribution in [-0.4, -0.2) is 10.2 Å². The highest BCUT2D eigenvalue weighted by molar-refractivity contribution is 5.22. The highest BCUT2D eigenvalue weighted by Crippen LogP contribution is 2.28. The molecule has 1 radical (unpaired) electrons. The van der Waals surface area contributed by atoms with Crippen molar-refractivity contribution in [3.63, 3.8) is 0 Å². The molecule has 0 fully saturated rings. The van der Waals surface area contributed by atoms with Crippen molar-refractivity contribution in [2.24, 2.45) is 0 Å². The Labute approximate surface area is 61.1 Å². The molecule has 0 aliphatic carbocycles. The number of hydrogen-bond donors (Lipinski definition) is 0. The van der Waals surface area contributed by atoms with E-state index in [0.29, 0.717) is 0 Å². The zero-order valence-corrected chi connectivity index (χ0v) is 5.39. The summed E-state index contributed by atoms with van der Waals surface area (Å²) in [6.07, 6.45) is -3.29. The predicted octanol–water partition coefficient (Wildman–Crippen LogP) is 1.68. The summed E-state index contributed by atoms with van der Waals surface area (Å²) in [5.41, 5.74) is -1.19. The van der Waals surface area contributed by atoms with Crippen molar-refractivity contribution in [3.8, 4) is 0 Å². The number of rotatable bonds is 0. The first-order valence-electron chi connectivity index (χ1n) is 2.72. The fourth-order valence-corrected chi connectivity index (χ4v) is 0.596. The minimum Gasteiger partial charge on any atom is -0.164 e. The first-order chi connectivity index (χ1) is 5.02. The van der Waals surface area contributed by atoms with Crippen molar-refractivity contribution in [2.75, 3.05) is 0 Å². The van der Waals surface area contributed by atoms with Crippen LogP contribution in [0.4, 0.5) is 13.2 Å². The molecule has 1 rings (SSSR count). The molecule has 11 heavy (non-hydrogen) atoms. The van der Waals surface area contributed by atoms with E-state index >= 15 is 0 Å². The van der Waals surface area contributed by atoms with Gasteiger partial charge in [0.2, 0.25) is 0 Å². The van der Waals surface area contributed by atoms with Crippen LogP contribution < -0.4 is 0 Å². The van der Waals surface area contributed by atoms with Crippen LogP contribution in [0.5, 0.6) is 0 Å². The summed E-state index contributed by atoms with van der Waals surface area (Å²) in [5.74, 6) is 0. The average molecular weight is 161 g/mol. The molecule has 0 unspecified atom stereocenters. The van der Waals surface area contributed by atoms with E-state index in [2.05, 4.69) is 17.1 Å². The van der Waals surface area contributed by atoms with Crippen LogP contribution in [-0.2, 0) is 6.18 Å². The summed E-state index contributed by atoms with van der Waals surface area (Å²) in [5, 5.41) is 6.01. The maximum absolute atomic E-state index is 11.9. The molecule has 0 spiro atoms. The Hall–Kier alpha value is -1.13. The fourth-order valence-electron chi connectivity index (χ4n) is 0.596. The number of nitrogens with zero attached hydrogens (tertiary/aromatic N) is 2. The number of hydrogen-bond acceptors (Lipinski definition) is 2. The van der Waals surface area contributed by atoms with Crippen molar-refractivity contribution in [1.29, 1.82) is 0 Å². The van der Waals surface area contributed by atoms with E-state index in [9.17, 15) is 13.2 Å². The normalized spacial score (nSPS) is 11.6. The Morgan fingerprint density at radius 3 is 2.36 bits per heavy atom. The lowest BCUT2D eigenvalue weighted by Gasteiger charge is -2.05. The lowest BCUT2D eigenvalue weighted by Crippen LogP contribution is -2.10. The summed E-state index contributed by atoms with van der Waals surface area (Å²) < 4.78 is 35.7. The van der Waals surface area contributed by atoms with Gasteiger partial charge in [0.1, 0.15) is 0 Å². The van der Waals surface area contributed by atoms with Crippen molar-refractivity contribution >= 4 is 0 Å². The molecule has 0 aliphatic rings. The third-order valence-corrected chi connectivity index (χ3v) is 1.07. The van der Waals surface area contributed by atoms with Gasteiger partial charge >= 0.3 is 6.18 Å². The molecule has 59 valence electrons. The van der Waals surface area contributed by atoms with Gasteiger partial charge in [-0.15, -0.1) is 5.10 Å². The van der Waals surface area contributed by atoms with Gasteiger partial charge in [0, 0.05) is 6.20 Å². The van der Waals surface area contributed by atoms with Crippen molar-refractivity contribution < 1.29 is 13.2 Å². The van der Waals surface area contributed by atoms with Crippen LogP contribution in [0.1, 0.15) is 11.3 Å². The second-order valence-corrected chi connectivity index (χ2v) is 1.90.